The zero-order chi connectivity index (χ0) is 28.0. The molecule has 0 aliphatic carbocycles. The Morgan fingerprint density at radius 2 is 1.62 bits per heavy atom. The van der Waals surface area contributed by atoms with Crippen molar-refractivity contribution < 1.29 is 24.0 Å². The van der Waals surface area contributed by atoms with Gasteiger partial charge in [-0.25, -0.2) is 4.99 Å². The summed E-state index contributed by atoms with van der Waals surface area (Å²) in [6.07, 6.45) is 0.471. The van der Waals surface area contributed by atoms with E-state index in [9.17, 15) is 24.0 Å². The van der Waals surface area contributed by atoms with Gasteiger partial charge in [0.15, 0.2) is 11.7 Å². The summed E-state index contributed by atoms with van der Waals surface area (Å²) in [5.41, 5.74) is 17.5. The number of hydrogen-bond donors (Lipinski definition) is 6. The van der Waals surface area contributed by atoms with E-state index < -0.39 is 48.0 Å². The molecule has 0 fully saturated rings. The van der Waals surface area contributed by atoms with Crippen molar-refractivity contribution in [3.05, 3.63) is 29.8 Å². The van der Waals surface area contributed by atoms with Crippen molar-refractivity contribution in [3.63, 3.8) is 0 Å². The number of hydrogen-bond acceptors (Lipinski definition) is 7. The number of Topliss-reactive ketones (excluding diaryl/α,β-unsaturated/α-hetero) is 1. The predicted octanol–water partition coefficient (Wildman–Crippen LogP) is -0.919. The van der Waals surface area contributed by atoms with Crippen LogP contribution in [0.1, 0.15) is 45.1 Å². The van der Waals surface area contributed by atoms with E-state index in [0.29, 0.717) is 12.1 Å². The lowest BCUT2D eigenvalue weighted by molar-refractivity contribution is -0.130. The second-order valence-corrected chi connectivity index (χ2v) is 8.39. The van der Waals surface area contributed by atoms with Gasteiger partial charge in [0.1, 0.15) is 6.04 Å². The molecule has 2 atom stereocenters. The normalized spacial score (nSPS) is 12.6. The molecule has 37 heavy (non-hydrogen) atoms. The fourth-order valence-corrected chi connectivity index (χ4v) is 3.29. The van der Waals surface area contributed by atoms with Gasteiger partial charge in [-0.2, -0.15) is 0 Å². The molecule has 4 amide bonds. The van der Waals surface area contributed by atoms with Crippen molar-refractivity contribution in [3.8, 4) is 0 Å². The molecule has 13 nitrogen and oxygen atoms in total. The fraction of sp³-hybridized carbons (Fsp3) is 0.458. The van der Waals surface area contributed by atoms with Gasteiger partial charge in [-0.05, 0) is 44.7 Å². The number of nitrogens with one attached hydrogen (secondary N) is 3. The Hall–Kier alpha value is -4.29. The smallest absolute Gasteiger partial charge is 0.243 e. The lowest BCUT2D eigenvalue weighted by atomic mass is 10.0. The van der Waals surface area contributed by atoms with Gasteiger partial charge < -0.3 is 33.2 Å². The number of benzene rings is 1. The van der Waals surface area contributed by atoms with Gasteiger partial charge in [-0.15, -0.1) is 0 Å². The van der Waals surface area contributed by atoms with Gasteiger partial charge in [0.2, 0.25) is 23.6 Å². The fourth-order valence-electron chi connectivity index (χ4n) is 3.29. The van der Waals surface area contributed by atoms with Crippen LogP contribution < -0.4 is 33.2 Å². The molecule has 202 valence electrons. The molecule has 0 aliphatic rings. The molecule has 13 heteroatoms. The lowest BCUT2D eigenvalue weighted by Crippen LogP contribution is -2.51. The Morgan fingerprint density at radius 1 is 0.946 bits per heavy atom. The SMILES string of the molecule is CC(=O)NC(CCC(N)=O)C(=O)NCC(=O)NC(CCCN=C(N)N)C(=O)C(C)=Nc1ccccc1C. The molecule has 1 aromatic carbocycles. The summed E-state index contributed by atoms with van der Waals surface area (Å²) in [5.74, 6) is -2.90. The van der Waals surface area contributed by atoms with Crippen LogP contribution in [-0.2, 0) is 24.0 Å². The molecule has 0 aromatic heterocycles. The third-order valence-corrected chi connectivity index (χ3v) is 5.15. The summed E-state index contributed by atoms with van der Waals surface area (Å²) in [5, 5.41) is 7.43. The van der Waals surface area contributed by atoms with Crippen LogP contribution in [0.15, 0.2) is 34.3 Å². The molecule has 0 saturated heterocycles. The van der Waals surface area contributed by atoms with Gasteiger partial charge in [0.25, 0.3) is 0 Å². The molecule has 2 unspecified atom stereocenters. The molecule has 0 spiro atoms. The number of guanidine groups is 1. The topological polar surface area (TPSA) is 224 Å². The van der Waals surface area contributed by atoms with Crippen molar-refractivity contribution in [2.24, 2.45) is 27.2 Å². The van der Waals surface area contributed by atoms with Crippen molar-refractivity contribution in [1.29, 1.82) is 0 Å². The predicted molar refractivity (Wildman–Crippen MR) is 140 cm³/mol. The van der Waals surface area contributed by atoms with Crippen LogP contribution in [0.2, 0.25) is 0 Å². The van der Waals surface area contributed by atoms with Gasteiger partial charge >= 0.3 is 0 Å². The van der Waals surface area contributed by atoms with Gasteiger partial charge in [0.05, 0.1) is 24.0 Å². The number of carbonyl (C=O) groups is 5. The summed E-state index contributed by atoms with van der Waals surface area (Å²) in [6.45, 7) is 4.44. The summed E-state index contributed by atoms with van der Waals surface area (Å²) < 4.78 is 0. The van der Waals surface area contributed by atoms with E-state index in [4.69, 9.17) is 17.2 Å². The highest BCUT2D eigenvalue weighted by Crippen LogP contribution is 2.18. The van der Waals surface area contributed by atoms with E-state index in [1.807, 2.05) is 19.1 Å². The number of aliphatic imine (C=N–C) groups is 2. The maximum absolute atomic E-state index is 13.1. The Labute approximate surface area is 215 Å². The monoisotopic (exact) mass is 516 g/mol. The van der Waals surface area contributed by atoms with Crippen molar-refractivity contribution in [1.82, 2.24) is 16.0 Å². The second kappa shape index (κ2) is 15.7. The van der Waals surface area contributed by atoms with Gasteiger partial charge in [0, 0.05) is 19.9 Å². The van der Waals surface area contributed by atoms with E-state index in [-0.39, 0.29) is 37.5 Å². The zero-order valence-corrected chi connectivity index (χ0v) is 21.4. The van der Waals surface area contributed by atoms with Crippen LogP contribution in [0.5, 0.6) is 0 Å². The summed E-state index contributed by atoms with van der Waals surface area (Å²) in [4.78, 5) is 68.9. The average molecular weight is 517 g/mol. The Balaban J connectivity index is 2.90. The van der Waals surface area contributed by atoms with Crippen molar-refractivity contribution in [2.75, 3.05) is 13.1 Å². The number of ketones is 1. The van der Waals surface area contributed by atoms with Crippen LogP contribution in [-0.4, -0.2) is 66.3 Å². The number of carbonyl (C=O) groups excluding carboxylic acids is 5. The number of aryl methyl sites for hydroxylation is 1. The van der Waals surface area contributed by atoms with Crippen LogP contribution >= 0.6 is 0 Å². The Kier molecular flexibility index (Phi) is 13.0. The minimum Gasteiger partial charge on any atom is -0.370 e. The molecule has 1 aromatic rings. The molecule has 0 saturated carbocycles. The largest absolute Gasteiger partial charge is 0.370 e. The zero-order valence-electron chi connectivity index (χ0n) is 21.4. The highest BCUT2D eigenvalue weighted by Gasteiger charge is 2.24. The van der Waals surface area contributed by atoms with Crippen LogP contribution in [0.3, 0.4) is 0 Å². The van der Waals surface area contributed by atoms with E-state index >= 15 is 0 Å². The maximum atomic E-state index is 13.1. The molecular formula is C24H36N8O5. The first-order valence-corrected chi connectivity index (χ1v) is 11.7. The van der Waals surface area contributed by atoms with Crippen LogP contribution in [0, 0.1) is 6.92 Å². The lowest BCUT2D eigenvalue weighted by Gasteiger charge is -2.19. The van der Waals surface area contributed by atoms with E-state index in [1.165, 1.54) is 6.92 Å². The average Bonchev–Trinajstić information content (AvgIpc) is 2.82. The van der Waals surface area contributed by atoms with Gasteiger partial charge in [-0.1, -0.05) is 18.2 Å². The van der Waals surface area contributed by atoms with Gasteiger partial charge in [-0.3, -0.25) is 29.0 Å². The number of rotatable bonds is 15. The number of nitrogens with two attached hydrogens (primary N) is 3. The highest BCUT2D eigenvalue weighted by atomic mass is 16.2. The Bertz CT molecular complexity index is 1050. The summed E-state index contributed by atoms with van der Waals surface area (Å²) >= 11 is 0. The molecule has 9 N–H and O–H groups in total. The molecule has 0 aliphatic heterocycles. The number of para-hydroxylation sites is 1. The summed E-state index contributed by atoms with van der Waals surface area (Å²) in [7, 11) is 0. The van der Waals surface area contributed by atoms with Crippen molar-refractivity contribution in [2.45, 2.75) is 58.5 Å². The number of amides is 4. The van der Waals surface area contributed by atoms with E-state index in [1.54, 1.807) is 19.1 Å². The first kappa shape index (κ1) is 30.7. The highest BCUT2D eigenvalue weighted by molar-refractivity contribution is 6.41. The second-order valence-electron chi connectivity index (χ2n) is 8.39. The molecule has 1 rings (SSSR count). The molecular weight excluding hydrogens is 480 g/mol. The van der Waals surface area contributed by atoms with E-state index in [2.05, 4.69) is 25.9 Å². The summed E-state index contributed by atoms with van der Waals surface area (Å²) in [6, 6.07) is 5.32. The standard InChI is InChI=1S/C24H36N8O5/c1-14-7-4-5-8-17(14)30-15(2)22(36)18(9-6-12-28-24(26)27)32-21(35)13-29-23(37)19(31-16(3)33)10-11-20(25)34/h4-5,7-8,18-19H,6,9-13H2,1-3H3,(H2,25,34)(H,29,37)(H,31,33)(H,32,35)(H4,26,27,28). The Morgan fingerprint density at radius 3 is 2.22 bits per heavy atom. The third kappa shape index (κ3) is 12.3. The molecule has 0 heterocycles. The minimum absolute atomic E-state index is 0.0250. The maximum Gasteiger partial charge on any atom is 0.243 e. The molecule has 0 bridgehead atoms. The molecule has 0 radical (unpaired) electrons. The van der Waals surface area contributed by atoms with E-state index in [0.717, 1.165) is 5.56 Å². The number of nitrogens with zero attached hydrogens (tertiary/aromatic N) is 2. The quantitative estimate of drug-likeness (QED) is 0.0975. The van der Waals surface area contributed by atoms with Crippen LogP contribution in [0.4, 0.5) is 5.69 Å². The first-order chi connectivity index (χ1) is 17.4. The minimum atomic E-state index is -1.04. The first-order valence-electron chi connectivity index (χ1n) is 11.7. The third-order valence-electron chi connectivity index (χ3n) is 5.15. The van der Waals surface area contributed by atoms with Crippen LogP contribution in [0.25, 0.3) is 0 Å². The number of primary amides is 1. The van der Waals surface area contributed by atoms with Crippen molar-refractivity contribution >= 4 is 46.8 Å².